The maximum atomic E-state index is 11.0. The number of carbonyl (C=O) groups excluding carboxylic acids is 1. The summed E-state index contributed by atoms with van der Waals surface area (Å²) in [5, 5.41) is 14.2. The zero-order valence-corrected chi connectivity index (χ0v) is 6.79. The monoisotopic (exact) mass is 175 g/mol. The quantitative estimate of drug-likeness (QED) is 0.484. The molecule has 0 radical (unpaired) electrons. The first-order valence-corrected chi connectivity index (χ1v) is 3.31. The first-order valence-electron chi connectivity index (χ1n) is 3.31. The predicted octanol–water partition coefficient (Wildman–Crippen LogP) is 0.0714. The minimum Gasteiger partial charge on any atom is -0.464 e. The Morgan fingerprint density at radius 3 is 3.15 bits per heavy atom. The van der Waals surface area contributed by atoms with Gasteiger partial charge in [0.15, 0.2) is 11.8 Å². The molecule has 0 amide bonds. The van der Waals surface area contributed by atoms with Crippen LogP contribution in [0.5, 0.6) is 0 Å². The highest BCUT2D eigenvalue weighted by molar-refractivity contribution is 5.89. The molecule has 0 aliphatic heterocycles. The molecule has 0 aliphatic rings. The lowest BCUT2D eigenvalue weighted by atomic mass is 10.2. The van der Waals surface area contributed by atoms with Crippen molar-refractivity contribution in [2.45, 2.75) is 0 Å². The van der Waals surface area contributed by atoms with Gasteiger partial charge >= 0.3 is 5.97 Å². The molecular formula is C8H5N3O2. The molecule has 0 aromatic carbocycles. The maximum Gasteiger partial charge on any atom is 0.357 e. The number of nitriles is 1. The molecule has 0 atom stereocenters. The summed E-state index contributed by atoms with van der Waals surface area (Å²) < 4.78 is 4.45. The molecule has 13 heavy (non-hydrogen) atoms. The summed E-state index contributed by atoms with van der Waals surface area (Å²) in [6.07, 6.45) is 1.36. The van der Waals surface area contributed by atoms with Crippen molar-refractivity contribution in [3.8, 4) is 17.9 Å². The Morgan fingerprint density at radius 2 is 2.54 bits per heavy atom. The Bertz CT molecular complexity index is 417. The Labute approximate surface area is 74.3 Å². The second-order valence-electron chi connectivity index (χ2n) is 2.01. The molecule has 0 fully saturated rings. The van der Waals surface area contributed by atoms with Crippen LogP contribution in [0.25, 0.3) is 0 Å². The molecule has 64 valence electrons. The molecule has 1 aromatic rings. The minimum absolute atomic E-state index is 0.158. The number of ether oxygens (including phenoxy) is 1. The number of methoxy groups -OCH3 is 1. The van der Waals surface area contributed by atoms with Crippen LogP contribution in [0.4, 0.5) is 0 Å². The van der Waals surface area contributed by atoms with Crippen molar-refractivity contribution in [3.05, 3.63) is 17.5 Å². The summed E-state index contributed by atoms with van der Waals surface area (Å²) in [5.74, 6) is 4.05. The van der Waals surface area contributed by atoms with E-state index in [1.165, 1.54) is 13.3 Å². The van der Waals surface area contributed by atoms with Gasteiger partial charge in [0.25, 0.3) is 0 Å². The Balaban J connectivity index is 3.04. The van der Waals surface area contributed by atoms with Gasteiger partial charge in [-0.1, -0.05) is 0 Å². The first kappa shape index (κ1) is 8.82. The van der Waals surface area contributed by atoms with Crippen molar-refractivity contribution >= 4 is 5.97 Å². The minimum atomic E-state index is -0.556. The van der Waals surface area contributed by atoms with Crippen LogP contribution in [0, 0.1) is 23.2 Å². The molecule has 0 aliphatic carbocycles. The second-order valence-corrected chi connectivity index (χ2v) is 2.01. The fourth-order valence-corrected chi connectivity index (χ4v) is 0.734. The predicted molar refractivity (Wildman–Crippen MR) is 42.4 cm³/mol. The van der Waals surface area contributed by atoms with Gasteiger partial charge in [-0.05, 0) is 5.92 Å². The van der Waals surface area contributed by atoms with Gasteiger partial charge in [-0.2, -0.15) is 10.4 Å². The number of nitrogens with one attached hydrogen (secondary N) is 1. The fourth-order valence-electron chi connectivity index (χ4n) is 0.734. The SMILES string of the molecule is COC(=O)c1[nH]ncc1C#CC#N. The number of aromatic amines is 1. The summed E-state index contributed by atoms with van der Waals surface area (Å²) in [7, 11) is 1.25. The van der Waals surface area contributed by atoms with E-state index in [0.717, 1.165) is 0 Å². The molecule has 5 nitrogen and oxygen atoms in total. The molecule has 0 spiro atoms. The van der Waals surface area contributed by atoms with Gasteiger partial charge in [0.05, 0.1) is 18.9 Å². The summed E-state index contributed by atoms with van der Waals surface area (Å²) in [6.45, 7) is 0. The number of esters is 1. The van der Waals surface area contributed by atoms with Crippen LogP contribution in [-0.4, -0.2) is 23.3 Å². The average Bonchev–Trinajstić information content (AvgIpc) is 2.61. The van der Waals surface area contributed by atoms with Crippen molar-refractivity contribution in [2.75, 3.05) is 7.11 Å². The zero-order valence-electron chi connectivity index (χ0n) is 6.79. The number of hydrogen-bond acceptors (Lipinski definition) is 4. The van der Waals surface area contributed by atoms with Gasteiger partial charge < -0.3 is 4.74 Å². The number of H-pyrrole nitrogens is 1. The number of carbonyl (C=O) groups is 1. The second kappa shape index (κ2) is 3.93. The van der Waals surface area contributed by atoms with E-state index < -0.39 is 5.97 Å². The van der Waals surface area contributed by atoms with Crippen molar-refractivity contribution in [1.82, 2.24) is 10.2 Å². The third-order valence-corrected chi connectivity index (χ3v) is 1.28. The molecular weight excluding hydrogens is 170 g/mol. The highest BCUT2D eigenvalue weighted by atomic mass is 16.5. The van der Waals surface area contributed by atoms with E-state index in [1.54, 1.807) is 6.07 Å². The molecule has 5 heteroatoms. The highest BCUT2D eigenvalue weighted by Gasteiger charge is 2.11. The third kappa shape index (κ3) is 1.85. The third-order valence-electron chi connectivity index (χ3n) is 1.28. The van der Waals surface area contributed by atoms with Gasteiger partial charge in [-0.15, -0.1) is 0 Å². The van der Waals surface area contributed by atoms with Crippen LogP contribution in [0.2, 0.25) is 0 Å². The van der Waals surface area contributed by atoms with Gasteiger partial charge in [0.1, 0.15) is 0 Å². The van der Waals surface area contributed by atoms with Crippen LogP contribution < -0.4 is 0 Å². The van der Waals surface area contributed by atoms with Gasteiger partial charge in [0, 0.05) is 5.92 Å². The van der Waals surface area contributed by atoms with E-state index in [2.05, 4.69) is 26.8 Å². The lowest BCUT2D eigenvalue weighted by Crippen LogP contribution is -2.03. The van der Waals surface area contributed by atoms with E-state index >= 15 is 0 Å². The van der Waals surface area contributed by atoms with Crippen molar-refractivity contribution in [2.24, 2.45) is 0 Å². The Hall–Kier alpha value is -2.27. The zero-order chi connectivity index (χ0) is 9.68. The van der Waals surface area contributed by atoms with E-state index in [4.69, 9.17) is 5.26 Å². The average molecular weight is 175 g/mol. The van der Waals surface area contributed by atoms with Crippen molar-refractivity contribution < 1.29 is 9.53 Å². The Morgan fingerprint density at radius 1 is 1.77 bits per heavy atom. The molecule has 1 N–H and O–H groups in total. The lowest BCUT2D eigenvalue weighted by Gasteiger charge is -1.93. The van der Waals surface area contributed by atoms with Crippen LogP contribution in [-0.2, 0) is 4.74 Å². The molecule has 1 rings (SSSR count). The Kier molecular flexibility index (Phi) is 2.67. The number of aromatic nitrogens is 2. The van der Waals surface area contributed by atoms with E-state index in [1.807, 2.05) is 0 Å². The fraction of sp³-hybridized carbons (Fsp3) is 0.125. The first-order chi connectivity index (χ1) is 6.29. The smallest absolute Gasteiger partial charge is 0.357 e. The number of rotatable bonds is 1. The molecule has 1 heterocycles. The number of nitrogens with zero attached hydrogens (tertiary/aromatic N) is 2. The maximum absolute atomic E-state index is 11.0. The molecule has 0 unspecified atom stereocenters. The van der Waals surface area contributed by atoms with Crippen molar-refractivity contribution in [1.29, 1.82) is 5.26 Å². The van der Waals surface area contributed by atoms with Gasteiger partial charge in [-0.25, -0.2) is 4.79 Å². The van der Waals surface area contributed by atoms with E-state index in [9.17, 15) is 4.79 Å². The summed E-state index contributed by atoms with van der Waals surface area (Å²) in [6, 6.07) is 1.64. The summed E-state index contributed by atoms with van der Waals surface area (Å²) >= 11 is 0. The largest absolute Gasteiger partial charge is 0.464 e. The van der Waals surface area contributed by atoms with Gasteiger partial charge in [0.2, 0.25) is 0 Å². The molecule has 0 saturated carbocycles. The highest BCUT2D eigenvalue weighted by Crippen LogP contribution is 2.03. The van der Waals surface area contributed by atoms with Gasteiger partial charge in [-0.3, -0.25) is 5.10 Å². The standard InChI is InChI=1S/C8H5N3O2/c1-13-8(12)7-6(3-2-4-9)5-10-11-7/h5H,1H3,(H,10,11). The summed E-state index contributed by atoms with van der Waals surface area (Å²) in [4.78, 5) is 11.0. The molecule has 0 bridgehead atoms. The van der Waals surface area contributed by atoms with Crippen LogP contribution in [0.1, 0.15) is 16.1 Å². The van der Waals surface area contributed by atoms with Crippen LogP contribution in [0.3, 0.4) is 0 Å². The molecule has 0 saturated heterocycles. The van der Waals surface area contributed by atoms with Crippen LogP contribution >= 0.6 is 0 Å². The van der Waals surface area contributed by atoms with Crippen LogP contribution in [0.15, 0.2) is 6.20 Å². The topological polar surface area (TPSA) is 78.8 Å². The van der Waals surface area contributed by atoms with E-state index in [-0.39, 0.29) is 5.69 Å². The molecule has 1 aromatic heterocycles. The summed E-state index contributed by atoms with van der Waals surface area (Å²) in [5.41, 5.74) is 0.513. The normalized spacial score (nSPS) is 8.00. The van der Waals surface area contributed by atoms with Crippen molar-refractivity contribution in [3.63, 3.8) is 0 Å². The number of hydrogen-bond donors (Lipinski definition) is 1. The lowest BCUT2D eigenvalue weighted by molar-refractivity contribution is 0.0593. The van der Waals surface area contributed by atoms with E-state index in [0.29, 0.717) is 5.56 Å².